The van der Waals surface area contributed by atoms with Crippen LogP contribution in [0, 0.1) is 11.8 Å². The lowest BCUT2D eigenvalue weighted by atomic mass is 9.85. The lowest BCUT2D eigenvalue weighted by molar-refractivity contribution is 0.325. The fourth-order valence-corrected chi connectivity index (χ4v) is 3.52. The minimum atomic E-state index is 0.855. The van der Waals surface area contributed by atoms with Crippen LogP contribution in [0.15, 0.2) is 0 Å². The molecule has 1 unspecified atom stereocenters. The summed E-state index contributed by atoms with van der Waals surface area (Å²) in [7, 11) is 0. The van der Waals surface area contributed by atoms with Gasteiger partial charge in [-0.15, -0.1) is 0 Å². The highest BCUT2D eigenvalue weighted by Crippen LogP contribution is 2.30. The van der Waals surface area contributed by atoms with Gasteiger partial charge in [0, 0.05) is 5.25 Å². The standard InChI is InChI=1S/C13H26S/c1-11(2)13(14-3)10-9-12-7-5-4-6-8-12/h11-13H,4-10H2,1-3H3. The molecule has 1 fully saturated rings. The molecule has 0 aromatic rings. The zero-order valence-electron chi connectivity index (χ0n) is 10.1. The summed E-state index contributed by atoms with van der Waals surface area (Å²) >= 11 is 2.07. The third kappa shape index (κ3) is 4.25. The fourth-order valence-electron chi connectivity index (χ4n) is 2.60. The van der Waals surface area contributed by atoms with Crippen molar-refractivity contribution in [1.29, 1.82) is 0 Å². The molecule has 1 aliphatic rings. The first-order valence-electron chi connectivity index (χ1n) is 6.26. The van der Waals surface area contributed by atoms with Crippen molar-refractivity contribution in [3.05, 3.63) is 0 Å². The minimum Gasteiger partial charge on any atom is -0.162 e. The molecule has 0 saturated heterocycles. The Labute approximate surface area is 94.2 Å². The molecule has 0 heterocycles. The van der Waals surface area contributed by atoms with Crippen molar-refractivity contribution < 1.29 is 0 Å². The smallest absolute Gasteiger partial charge is 0.00673 e. The van der Waals surface area contributed by atoms with Gasteiger partial charge in [0.1, 0.15) is 0 Å². The van der Waals surface area contributed by atoms with E-state index in [4.69, 9.17) is 0 Å². The summed E-state index contributed by atoms with van der Waals surface area (Å²) in [5, 5.41) is 0.900. The monoisotopic (exact) mass is 214 g/mol. The summed E-state index contributed by atoms with van der Waals surface area (Å²) in [6, 6.07) is 0. The zero-order chi connectivity index (χ0) is 10.4. The first-order valence-corrected chi connectivity index (χ1v) is 7.55. The van der Waals surface area contributed by atoms with Crippen molar-refractivity contribution in [3.63, 3.8) is 0 Å². The van der Waals surface area contributed by atoms with E-state index in [0.717, 1.165) is 17.1 Å². The highest BCUT2D eigenvalue weighted by molar-refractivity contribution is 7.99. The summed E-state index contributed by atoms with van der Waals surface area (Å²) in [6.07, 6.45) is 12.7. The van der Waals surface area contributed by atoms with Crippen LogP contribution in [0.3, 0.4) is 0 Å². The summed E-state index contributed by atoms with van der Waals surface area (Å²) in [5.74, 6) is 1.92. The van der Waals surface area contributed by atoms with E-state index in [1.807, 2.05) is 0 Å². The van der Waals surface area contributed by atoms with Gasteiger partial charge >= 0.3 is 0 Å². The summed E-state index contributed by atoms with van der Waals surface area (Å²) in [6.45, 7) is 4.73. The quantitative estimate of drug-likeness (QED) is 0.637. The van der Waals surface area contributed by atoms with E-state index >= 15 is 0 Å². The number of thioether (sulfide) groups is 1. The maximum Gasteiger partial charge on any atom is 0.00673 e. The molecule has 1 heteroatoms. The molecule has 0 aliphatic heterocycles. The average Bonchev–Trinajstić information content (AvgIpc) is 2.20. The lowest BCUT2D eigenvalue weighted by Crippen LogP contribution is -2.14. The Balaban J connectivity index is 2.16. The summed E-state index contributed by atoms with van der Waals surface area (Å²) < 4.78 is 0. The van der Waals surface area contributed by atoms with Gasteiger partial charge in [0.15, 0.2) is 0 Å². The van der Waals surface area contributed by atoms with Gasteiger partial charge in [-0.05, 0) is 30.9 Å². The van der Waals surface area contributed by atoms with Gasteiger partial charge in [0.25, 0.3) is 0 Å². The van der Waals surface area contributed by atoms with Crippen molar-refractivity contribution in [2.45, 2.75) is 64.0 Å². The van der Waals surface area contributed by atoms with Crippen LogP contribution in [0.25, 0.3) is 0 Å². The third-order valence-corrected chi connectivity index (χ3v) is 5.02. The normalized spacial score (nSPS) is 21.4. The number of hydrogen-bond donors (Lipinski definition) is 0. The SMILES string of the molecule is CSC(CCC1CCCCC1)C(C)C. The highest BCUT2D eigenvalue weighted by Gasteiger charge is 2.17. The molecule has 0 aromatic carbocycles. The molecule has 1 aliphatic carbocycles. The van der Waals surface area contributed by atoms with E-state index in [2.05, 4.69) is 31.9 Å². The van der Waals surface area contributed by atoms with Crippen molar-refractivity contribution >= 4 is 11.8 Å². The topological polar surface area (TPSA) is 0 Å². The van der Waals surface area contributed by atoms with Gasteiger partial charge < -0.3 is 0 Å². The fraction of sp³-hybridized carbons (Fsp3) is 1.00. The van der Waals surface area contributed by atoms with E-state index in [-0.39, 0.29) is 0 Å². The maximum absolute atomic E-state index is 2.36. The Kier molecular flexibility index (Phi) is 6.00. The molecule has 0 spiro atoms. The molecular weight excluding hydrogens is 188 g/mol. The minimum absolute atomic E-state index is 0.855. The van der Waals surface area contributed by atoms with Gasteiger partial charge in [-0.2, -0.15) is 11.8 Å². The van der Waals surface area contributed by atoms with Crippen LogP contribution < -0.4 is 0 Å². The number of rotatable bonds is 5. The molecule has 0 nitrogen and oxygen atoms in total. The molecule has 84 valence electrons. The second-order valence-electron chi connectivity index (χ2n) is 5.10. The van der Waals surface area contributed by atoms with Gasteiger partial charge in [-0.1, -0.05) is 46.0 Å². The van der Waals surface area contributed by atoms with E-state index in [1.165, 1.54) is 44.9 Å². The van der Waals surface area contributed by atoms with Crippen LogP contribution in [-0.4, -0.2) is 11.5 Å². The molecule has 14 heavy (non-hydrogen) atoms. The second kappa shape index (κ2) is 6.76. The van der Waals surface area contributed by atoms with Crippen LogP contribution in [0.2, 0.25) is 0 Å². The van der Waals surface area contributed by atoms with E-state index in [1.54, 1.807) is 0 Å². The Hall–Kier alpha value is 0.350. The van der Waals surface area contributed by atoms with Crippen molar-refractivity contribution in [1.82, 2.24) is 0 Å². The molecule has 1 atom stereocenters. The molecule has 1 saturated carbocycles. The lowest BCUT2D eigenvalue weighted by Gasteiger charge is -2.25. The third-order valence-electron chi connectivity index (χ3n) is 3.63. The van der Waals surface area contributed by atoms with E-state index in [0.29, 0.717) is 0 Å². The maximum atomic E-state index is 2.36. The van der Waals surface area contributed by atoms with Gasteiger partial charge in [-0.3, -0.25) is 0 Å². The summed E-state index contributed by atoms with van der Waals surface area (Å²) in [4.78, 5) is 0. The molecule has 0 aromatic heterocycles. The predicted octanol–water partition coefficient (Wildman–Crippen LogP) is 4.73. The molecule has 0 N–H and O–H groups in total. The van der Waals surface area contributed by atoms with E-state index < -0.39 is 0 Å². The van der Waals surface area contributed by atoms with Crippen LogP contribution in [0.4, 0.5) is 0 Å². The molecule has 1 rings (SSSR count). The Morgan fingerprint density at radius 3 is 2.29 bits per heavy atom. The second-order valence-corrected chi connectivity index (χ2v) is 6.18. The largest absolute Gasteiger partial charge is 0.162 e. The van der Waals surface area contributed by atoms with Crippen LogP contribution >= 0.6 is 11.8 Å². The molecular formula is C13H26S. The van der Waals surface area contributed by atoms with Crippen LogP contribution in [0.1, 0.15) is 58.8 Å². The first-order chi connectivity index (χ1) is 6.74. The van der Waals surface area contributed by atoms with E-state index in [9.17, 15) is 0 Å². The highest BCUT2D eigenvalue weighted by atomic mass is 32.2. The first kappa shape index (κ1) is 12.4. The van der Waals surface area contributed by atoms with Gasteiger partial charge in [-0.25, -0.2) is 0 Å². The van der Waals surface area contributed by atoms with Gasteiger partial charge in [0.2, 0.25) is 0 Å². The zero-order valence-corrected chi connectivity index (χ0v) is 10.9. The van der Waals surface area contributed by atoms with Crippen molar-refractivity contribution in [2.75, 3.05) is 6.26 Å². The Morgan fingerprint density at radius 2 is 1.79 bits per heavy atom. The van der Waals surface area contributed by atoms with Crippen LogP contribution in [0.5, 0.6) is 0 Å². The molecule has 0 bridgehead atoms. The average molecular weight is 214 g/mol. The van der Waals surface area contributed by atoms with Crippen LogP contribution in [-0.2, 0) is 0 Å². The Morgan fingerprint density at radius 1 is 1.14 bits per heavy atom. The Bertz CT molecular complexity index is 136. The molecule has 0 amide bonds. The van der Waals surface area contributed by atoms with Crippen molar-refractivity contribution in [2.24, 2.45) is 11.8 Å². The van der Waals surface area contributed by atoms with Crippen molar-refractivity contribution in [3.8, 4) is 0 Å². The number of hydrogen-bond acceptors (Lipinski definition) is 1. The molecule has 0 radical (unpaired) electrons. The predicted molar refractivity (Wildman–Crippen MR) is 68.0 cm³/mol. The summed E-state index contributed by atoms with van der Waals surface area (Å²) in [5.41, 5.74) is 0. The van der Waals surface area contributed by atoms with Gasteiger partial charge in [0.05, 0.1) is 0 Å².